The van der Waals surface area contributed by atoms with E-state index in [-0.39, 0.29) is 0 Å². The van der Waals surface area contributed by atoms with E-state index in [0.717, 1.165) is 50.0 Å². The highest BCUT2D eigenvalue weighted by Crippen LogP contribution is 2.34. The minimum atomic E-state index is 0.704. The number of rotatable bonds is 7. The van der Waals surface area contributed by atoms with Crippen LogP contribution in [0, 0.1) is 0 Å². The van der Waals surface area contributed by atoms with Crippen LogP contribution >= 0.6 is 0 Å². The van der Waals surface area contributed by atoms with Crippen molar-refractivity contribution < 1.29 is 0 Å². The molecule has 0 saturated heterocycles. The quantitative estimate of drug-likeness (QED) is 0.170. The Morgan fingerprint density at radius 3 is 1.25 bits per heavy atom. The van der Waals surface area contributed by atoms with Crippen molar-refractivity contribution in [3.8, 4) is 78.3 Å². The maximum Gasteiger partial charge on any atom is 0.160 e. The predicted molar refractivity (Wildman–Crippen MR) is 215 cm³/mol. The number of fused-ring (bicyclic) bond motifs is 1. The highest BCUT2D eigenvalue weighted by molar-refractivity contribution is 5.94. The first-order valence-corrected chi connectivity index (χ1v) is 17.5. The van der Waals surface area contributed by atoms with Crippen LogP contribution in [0.2, 0.25) is 0 Å². The summed E-state index contributed by atoms with van der Waals surface area (Å²) in [6, 6.07) is 66.3. The number of benzene rings is 7. The Bertz CT molecular complexity index is 2670. The zero-order chi connectivity index (χ0) is 34.7. The molecule has 0 atom stereocenters. The first-order valence-electron chi connectivity index (χ1n) is 17.5. The molecule has 0 bridgehead atoms. The minimum Gasteiger partial charge on any atom is -0.265 e. The molecule has 0 amide bonds. The minimum absolute atomic E-state index is 0.704. The molecular formula is C49H33N3. The summed E-state index contributed by atoms with van der Waals surface area (Å²) in [6.07, 6.45) is 3.64. The second-order valence-electron chi connectivity index (χ2n) is 12.9. The van der Waals surface area contributed by atoms with Crippen LogP contribution in [0.1, 0.15) is 0 Å². The lowest BCUT2D eigenvalue weighted by molar-refractivity contribution is 1.23. The van der Waals surface area contributed by atoms with Gasteiger partial charge >= 0.3 is 0 Å². The van der Waals surface area contributed by atoms with E-state index in [1.165, 1.54) is 33.4 Å². The van der Waals surface area contributed by atoms with Gasteiger partial charge in [0.05, 0.1) is 11.2 Å². The maximum absolute atomic E-state index is 5.19. The Kier molecular flexibility index (Phi) is 8.20. The third-order valence-corrected chi connectivity index (χ3v) is 9.59. The number of aromatic nitrogens is 3. The average molecular weight is 664 g/mol. The van der Waals surface area contributed by atoms with E-state index in [4.69, 9.17) is 9.97 Å². The molecule has 0 spiro atoms. The van der Waals surface area contributed by atoms with E-state index in [1.807, 2.05) is 36.7 Å². The van der Waals surface area contributed by atoms with E-state index in [2.05, 4.69) is 169 Å². The van der Waals surface area contributed by atoms with Crippen LogP contribution in [-0.2, 0) is 0 Å². The van der Waals surface area contributed by atoms with Gasteiger partial charge in [-0.2, -0.15) is 0 Å². The zero-order valence-corrected chi connectivity index (χ0v) is 28.4. The highest BCUT2D eigenvalue weighted by Gasteiger charge is 2.13. The van der Waals surface area contributed by atoms with Crippen LogP contribution in [-0.4, -0.2) is 15.0 Å². The molecular weight excluding hydrogens is 631 g/mol. The number of nitrogens with zero attached hydrogens (tertiary/aromatic N) is 3. The number of para-hydroxylation sites is 1. The Morgan fingerprint density at radius 1 is 0.269 bits per heavy atom. The topological polar surface area (TPSA) is 38.7 Å². The Labute approximate surface area is 303 Å². The Morgan fingerprint density at radius 2 is 0.673 bits per heavy atom. The SMILES string of the molecule is c1ccc(-c2cccc(-c3cccc(-c4cccc(-c5cccc(-c6nc(-c7ccc(-c8ccncc8)cc7)c7ccccc7n6)c5)c4)c3)c2)cc1. The number of pyridine rings is 1. The molecule has 0 N–H and O–H groups in total. The van der Waals surface area contributed by atoms with Crippen molar-refractivity contribution in [1.29, 1.82) is 0 Å². The predicted octanol–water partition coefficient (Wildman–Crippen LogP) is 12.7. The van der Waals surface area contributed by atoms with Gasteiger partial charge in [-0.25, -0.2) is 9.97 Å². The van der Waals surface area contributed by atoms with Crippen molar-refractivity contribution in [3.63, 3.8) is 0 Å². The van der Waals surface area contributed by atoms with Crippen LogP contribution in [0.15, 0.2) is 200 Å². The molecule has 0 saturated carbocycles. The fourth-order valence-corrected chi connectivity index (χ4v) is 6.89. The van der Waals surface area contributed by atoms with E-state index >= 15 is 0 Å². The summed E-state index contributed by atoms with van der Waals surface area (Å²) in [4.78, 5) is 14.4. The summed E-state index contributed by atoms with van der Waals surface area (Å²) >= 11 is 0. The monoisotopic (exact) mass is 663 g/mol. The van der Waals surface area contributed by atoms with Gasteiger partial charge in [-0.15, -0.1) is 0 Å². The van der Waals surface area contributed by atoms with Crippen molar-refractivity contribution >= 4 is 10.9 Å². The third-order valence-electron chi connectivity index (χ3n) is 9.59. The van der Waals surface area contributed by atoms with Gasteiger partial charge in [0, 0.05) is 28.9 Å². The lowest BCUT2D eigenvalue weighted by Crippen LogP contribution is -1.95. The van der Waals surface area contributed by atoms with Gasteiger partial charge in [0.15, 0.2) is 5.82 Å². The Hall–Kier alpha value is -6.97. The molecule has 0 aliphatic heterocycles. The second kappa shape index (κ2) is 13.7. The van der Waals surface area contributed by atoms with E-state index in [9.17, 15) is 0 Å². The maximum atomic E-state index is 5.19. The van der Waals surface area contributed by atoms with Crippen LogP contribution in [0.4, 0.5) is 0 Å². The molecule has 0 aliphatic carbocycles. The first kappa shape index (κ1) is 31.0. The number of hydrogen-bond donors (Lipinski definition) is 0. The summed E-state index contributed by atoms with van der Waals surface area (Å²) in [5, 5.41) is 1.03. The van der Waals surface area contributed by atoms with E-state index in [0.29, 0.717) is 5.82 Å². The smallest absolute Gasteiger partial charge is 0.160 e. The second-order valence-corrected chi connectivity index (χ2v) is 12.9. The molecule has 52 heavy (non-hydrogen) atoms. The van der Waals surface area contributed by atoms with Gasteiger partial charge in [0.1, 0.15) is 0 Å². The summed E-state index contributed by atoms with van der Waals surface area (Å²) in [5.41, 5.74) is 15.6. The summed E-state index contributed by atoms with van der Waals surface area (Å²) in [5.74, 6) is 0.704. The van der Waals surface area contributed by atoms with Gasteiger partial charge in [-0.3, -0.25) is 4.98 Å². The molecule has 2 aromatic heterocycles. The molecule has 0 aliphatic rings. The van der Waals surface area contributed by atoms with E-state index in [1.54, 1.807) is 0 Å². The third kappa shape index (κ3) is 6.28. The standard InChI is InChI=1S/C49H33N3/c1-2-10-34(11-3-1)38-12-6-13-39(30-38)40-14-7-15-41(31-40)42-16-8-17-43(32-42)44-18-9-19-45(33-44)49-51-47-21-5-4-20-46(47)48(52-49)37-24-22-35(23-25-37)36-26-28-50-29-27-36/h1-33H. The highest BCUT2D eigenvalue weighted by atomic mass is 14.9. The lowest BCUT2D eigenvalue weighted by Gasteiger charge is -2.12. The fourth-order valence-electron chi connectivity index (χ4n) is 6.89. The van der Waals surface area contributed by atoms with Crippen molar-refractivity contribution in [2.75, 3.05) is 0 Å². The molecule has 9 aromatic rings. The molecule has 2 heterocycles. The van der Waals surface area contributed by atoms with E-state index < -0.39 is 0 Å². The van der Waals surface area contributed by atoms with Gasteiger partial charge in [-0.1, -0.05) is 146 Å². The van der Waals surface area contributed by atoms with Crippen LogP contribution in [0.5, 0.6) is 0 Å². The number of hydrogen-bond acceptors (Lipinski definition) is 3. The molecule has 0 fully saturated rings. The summed E-state index contributed by atoms with van der Waals surface area (Å²) < 4.78 is 0. The van der Waals surface area contributed by atoms with Gasteiger partial charge in [0.25, 0.3) is 0 Å². The van der Waals surface area contributed by atoms with Crippen molar-refractivity contribution in [2.24, 2.45) is 0 Å². The van der Waals surface area contributed by atoms with Gasteiger partial charge < -0.3 is 0 Å². The molecule has 3 nitrogen and oxygen atoms in total. The molecule has 3 heteroatoms. The lowest BCUT2D eigenvalue weighted by atomic mass is 9.94. The molecule has 244 valence electrons. The molecule has 0 radical (unpaired) electrons. The normalized spacial score (nSPS) is 11.1. The fraction of sp³-hybridized carbons (Fsp3) is 0. The summed E-state index contributed by atoms with van der Waals surface area (Å²) in [6.45, 7) is 0. The van der Waals surface area contributed by atoms with Gasteiger partial charge in [0.2, 0.25) is 0 Å². The molecule has 7 aromatic carbocycles. The summed E-state index contributed by atoms with van der Waals surface area (Å²) in [7, 11) is 0. The molecule has 0 unspecified atom stereocenters. The largest absolute Gasteiger partial charge is 0.265 e. The average Bonchev–Trinajstić information content (AvgIpc) is 3.24. The van der Waals surface area contributed by atoms with Crippen molar-refractivity contribution in [1.82, 2.24) is 15.0 Å². The van der Waals surface area contributed by atoms with Crippen LogP contribution < -0.4 is 0 Å². The zero-order valence-electron chi connectivity index (χ0n) is 28.4. The first-order chi connectivity index (χ1) is 25.7. The van der Waals surface area contributed by atoms with Gasteiger partial charge in [-0.05, 0) is 98.1 Å². The van der Waals surface area contributed by atoms with Crippen molar-refractivity contribution in [2.45, 2.75) is 0 Å². The van der Waals surface area contributed by atoms with Crippen LogP contribution in [0.25, 0.3) is 89.2 Å². The molecule has 9 rings (SSSR count). The Balaban J connectivity index is 1.04. The van der Waals surface area contributed by atoms with Crippen molar-refractivity contribution in [3.05, 3.63) is 200 Å². The van der Waals surface area contributed by atoms with Crippen LogP contribution in [0.3, 0.4) is 0 Å².